The van der Waals surface area contributed by atoms with Crippen LogP contribution in [0.15, 0.2) is 24.3 Å². The van der Waals surface area contributed by atoms with Gasteiger partial charge in [0.25, 0.3) is 0 Å². The Morgan fingerprint density at radius 3 is 2.95 bits per heavy atom. The summed E-state index contributed by atoms with van der Waals surface area (Å²) in [7, 11) is 2.04. The first-order valence-corrected chi connectivity index (χ1v) is 7.28. The third-order valence-electron chi connectivity index (χ3n) is 3.78. The van der Waals surface area contributed by atoms with Gasteiger partial charge in [0.1, 0.15) is 0 Å². The highest BCUT2D eigenvalue weighted by Gasteiger charge is 2.15. The molecular weight excluding hydrogens is 254 g/mol. The molecule has 1 saturated heterocycles. The number of hydrogen-bond donors (Lipinski definition) is 1. The van der Waals surface area contributed by atoms with Crippen molar-refractivity contribution in [3.05, 3.63) is 35.4 Å². The first-order valence-electron chi connectivity index (χ1n) is 7.28. The first-order chi connectivity index (χ1) is 9.66. The molecule has 0 saturated carbocycles. The maximum Gasteiger partial charge on any atom is 0.336 e. The van der Waals surface area contributed by atoms with Crippen LogP contribution >= 0.6 is 0 Å². The Morgan fingerprint density at radius 1 is 1.45 bits per heavy atom. The molecule has 4 heteroatoms. The lowest BCUT2D eigenvalue weighted by Crippen LogP contribution is -2.21. The Kier molecular flexibility index (Phi) is 5.56. The van der Waals surface area contributed by atoms with E-state index in [2.05, 4.69) is 4.90 Å². The molecule has 20 heavy (non-hydrogen) atoms. The van der Waals surface area contributed by atoms with Crippen LogP contribution in [0.25, 0.3) is 0 Å². The molecule has 0 bridgehead atoms. The largest absolute Gasteiger partial charge is 0.478 e. The van der Waals surface area contributed by atoms with Gasteiger partial charge in [-0.05, 0) is 50.9 Å². The molecule has 1 heterocycles. The van der Waals surface area contributed by atoms with E-state index < -0.39 is 5.97 Å². The Morgan fingerprint density at radius 2 is 2.25 bits per heavy atom. The second-order valence-corrected chi connectivity index (χ2v) is 5.48. The molecule has 2 rings (SSSR count). The molecule has 1 aliphatic rings. The number of carbonyl (C=O) groups is 1. The predicted molar refractivity (Wildman–Crippen MR) is 77.9 cm³/mol. The highest BCUT2D eigenvalue weighted by atomic mass is 16.5. The molecule has 1 aromatic rings. The third-order valence-corrected chi connectivity index (χ3v) is 3.78. The average molecular weight is 277 g/mol. The Bertz CT molecular complexity index is 441. The zero-order valence-electron chi connectivity index (χ0n) is 12.0. The fourth-order valence-electron chi connectivity index (χ4n) is 2.70. The van der Waals surface area contributed by atoms with Gasteiger partial charge in [0.15, 0.2) is 0 Å². The van der Waals surface area contributed by atoms with Crippen LogP contribution in [-0.2, 0) is 11.3 Å². The molecule has 4 nitrogen and oxygen atoms in total. The summed E-state index contributed by atoms with van der Waals surface area (Å²) in [6, 6.07) is 7.21. The number of rotatable bonds is 7. The van der Waals surface area contributed by atoms with E-state index in [0.717, 1.165) is 31.6 Å². The SMILES string of the molecule is CN(CCC[C@H]1CCCO1)Cc1ccccc1C(=O)O. The molecule has 0 amide bonds. The van der Waals surface area contributed by atoms with E-state index >= 15 is 0 Å². The van der Waals surface area contributed by atoms with Crippen LogP contribution < -0.4 is 0 Å². The molecule has 0 aliphatic carbocycles. The van der Waals surface area contributed by atoms with Gasteiger partial charge >= 0.3 is 5.97 Å². The Hall–Kier alpha value is -1.39. The minimum absolute atomic E-state index is 0.401. The highest BCUT2D eigenvalue weighted by Crippen LogP contribution is 2.17. The summed E-state index contributed by atoms with van der Waals surface area (Å²) < 4.78 is 5.61. The molecule has 0 unspecified atom stereocenters. The van der Waals surface area contributed by atoms with Crippen molar-refractivity contribution in [1.29, 1.82) is 0 Å². The molecule has 0 radical (unpaired) electrons. The maximum atomic E-state index is 11.2. The summed E-state index contributed by atoms with van der Waals surface area (Å²) in [6.45, 7) is 2.55. The number of benzene rings is 1. The fourth-order valence-corrected chi connectivity index (χ4v) is 2.70. The van der Waals surface area contributed by atoms with Crippen LogP contribution in [0.5, 0.6) is 0 Å². The molecule has 1 aromatic carbocycles. The zero-order valence-corrected chi connectivity index (χ0v) is 12.0. The van der Waals surface area contributed by atoms with E-state index in [1.165, 1.54) is 12.8 Å². The number of carboxylic acid groups (broad SMARTS) is 1. The van der Waals surface area contributed by atoms with Gasteiger partial charge in [-0.25, -0.2) is 4.79 Å². The zero-order chi connectivity index (χ0) is 14.4. The van der Waals surface area contributed by atoms with E-state index in [1.807, 2.05) is 19.2 Å². The molecule has 1 atom stereocenters. The standard InChI is InChI=1S/C16H23NO3/c1-17(10-4-7-14-8-5-11-20-14)12-13-6-2-3-9-15(13)16(18)19/h2-3,6,9,14H,4-5,7-8,10-12H2,1H3,(H,18,19)/t14-/m0/s1. The minimum atomic E-state index is -0.853. The molecule has 0 aromatic heterocycles. The van der Waals surface area contributed by atoms with Crippen LogP contribution in [0.2, 0.25) is 0 Å². The number of carboxylic acids is 1. The molecule has 1 fully saturated rings. The lowest BCUT2D eigenvalue weighted by molar-refractivity contribution is 0.0694. The number of aromatic carboxylic acids is 1. The van der Waals surface area contributed by atoms with Crippen molar-refractivity contribution in [2.75, 3.05) is 20.2 Å². The van der Waals surface area contributed by atoms with Gasteiger partial charge in [0.05, 0.1) is 11.7 Å². The van der Waals surface area contributed by atoms with Crippen molar-refractivity contribution in [2.24, 2.45) is 0 Å². The van der Waals surface area contributed by atoms with Gasteiger partial charge in [0.2, 0.25) is 0 Å². The summed E-state index contributed by atoms with van der Waals surface area (Å²) in [5.74, 6) is -0.853. The van der Waals surface area contributed by atoms with Crippen LogP contribution in [-0.4, -0.2) is 42.3 Å². The normalized spacial score (nSPS) is 18.6. The van der Waals surface area contributed by atoms with Gasteiger partial charge in [-0.15, -0.1) is 0 Å². The molecule has 1 aliphatic heterocycles. The van der Waals surface area contributed by atoms with Crippen LogP contribution in [0, 0.1) is 0 Å². The van der Waals surface area contributed by atoms with E-state index in [1.54, 1.807) is 12.1 Å². The summed E-state index contributed by atoms with van der Waals surface area (Å²) in [4.78, 5) is 13.3. The van der Waals surface area contributed by atoms with Crippen molar-refractivity contribution in [3.8, 4) is 0 Å². The van der Waals surface area contributed by atoms with Crippen molar-refractivity contribution >= 4 is 5.97 Å². The smallest absolute Gasteiger partial charge is 0.336 e. The van der Waals surface area contributed by atoms with Crippen molar-refractivity contribution < 1.29 is 14.6 Å². The lowest BCUT2D eigenvalue weighted by atomic mass is 10.1. The number of ether oxygens (including phenoxy) is 1. The second-order valence-electron chi connectivity index (χ2n) is 5.48. The Balaban J connectivity index is 1.78. The summed E-state index contributed by atoms with van der Waals surface area (Å²) in [5.41, 5.74) is 1.28. The van der Waals surface area contributed by atoms with E-state index in [9.17, 15) is 4.79 Å². The molecule has 110 valence electrons. The van der Waals surface area contributed by atoms with Crippen molar-refractivity contribution in [2.45, 2.75) is 38.3 Å². The molecule has 1 N–H and O–H groups in total. The number of nitrogens with zero attached hydrogens (tertiary/aromatic N) is 1. The van der Waals surface area contributed by atoms with Gasteiger partial charge in [0, 0.05) is 13.2 Å². The summed E-state index contributed by atoms with van der Waals surface area (Å²) in [6.07, 6.45) is 5.01. The summed E-state index contributed by atoms with van der Waals surface area (Å²) in [5, 5.41) is 9.16. The average Bonchev–Trinajstić information content (AvgIpc) is 2.92. The maximum absolute atomic E-state index is 11.2. The first kappa shape index (κ1) is 15.0. The monoisotopic (exact) mass is 277 g/mol. The van der Waals surface area contributed by atoms with Gasteiger partial charge in [-0.2, -0.15) is 0 Å². The van der Waals surface area contributed by atoms with Crippen LogP contribution in [0.1, 0.15) is 41.6 Å². The highest BCUT2D eigenvalue weighted by molar-refractivity contribution is 5.89. The van der Waals surface area contributed by atoms with Crippen molar-refractivity contribution in [3.63, 3.8) is 0 Å². The van der Waals surface area contributed by atoms with Crippen LogP contribution in [0.3, 0.4) is 0 Å². The molecular formula is C16H23NO3. The Labute approximate surface area is 120 Å². The topological polar surface area (TPSA) is 49.8 Å². The fraction of sp³-hybridized carbons (Fsp3) is 0.562. The summed E-state index contributed by atoms with van der Waals surface area (Å²) >= 11 is 0. The molecule has 0 spiro atoms. The van der Waals surface area contributed by atoms with Crippen molar-refractivity contribution in [1.82, 2.24) is 4.90 Å². The van der Waals surface area contributed by atoms with Gasteiger partial charge in [-0.3, -0.25) is 0 Å². The van der Waals surface area contributed by atoms with Gasteiger partial charge in [-0.1, -0.05) is 18.2 Å². The van der Waals surface area contributed by atoms with E-state index in [4.69, 9.17) is 9.84 Å². The quantitative estimate of drug-likeness (QED) is 0.832. The van der Waals surface area contributed by atoms with E-state index in [0.29, 0.717) is 18.2 Å². The van der Waals surface area contributed by atoms with Crippen LogP contribution in [0.4, 0.5) is 0 Å². The van der Waals surface area contributed by atoms with E-state index in [-0.39, 0.29) is 0 Å². The third kappa shape index (κ3) is 4.32. The lowest BCUT2D eigenvalue weighted by Gasteiger charge is -2.18. The second kappa shape index (κ2) is 7.41. The van der Waals surface area contributed by atoms with Gasteiger partial charge < -0.3 is 14.7 Å². The predicted octanol–water partition coefficient (Wildman–Crippen LogP) is 2.78. The minimum Gasteiger partial charge on any atom is -0.478 e. The number of hydrogen-bond acceptors (Lipinski definition) is 3.